The summed E-state index contributed by atoms with van der Waals surface area (Å²) >= 11 is 14.3. The third kappa shape index (κ3) is 1.92. The lowest BCUT2D eigenvalue weighted by Crippen LogP contribution is -2.00. The fourth-order valence-corrected chi connectivity index (χ4v) is 1.85. The average molecular weight is 306 g/mol. The first kappa shape index (κ1) is 10.7. The molecule has 0 spiro atoms. The van der Waals surface area contributed by atoms with Gasteiger partial charge in [0.05, 0.1) is 10.7 Å². The lowest BCUT2D eigenvalue weighted by molar-refractivity contribution is 1.04. The minimum Gasteiger partial charge on any atom is -0.368 e. The molecule has 15 heavy (non-hydrogen) atoms. The Kier molecular flexibility index (Phi) is 2.81. The van der Waals surface area contributed by atoms with Crippen molar-refractivity contribution in [2.45, 2.75) is 0 Å². The second-order valence-corrected chi connectivity index (χ2v) is 4.47. The van der Waals surface area contributed by atoms with E-state index in [1.54, 1.807) is 10.6 Å². The molecule has 4 nitrogen and oxygen atoms in total. The highest BCUT2D eigenvalue weighted by Crippen LogP contribution is 2.25. The van der Waals surface area contributed by atoms with Gasteiger partial charge >= 0.3 is 0 Å². The number of H-pyrrole nitrogens is 1. The van der Waals surface area contributed by atoms with E-state index in [9.17, 15) is 0 Å². The normalized spacial score (nSPS) is 10.5. The van der Waals surface area contributed by atoms with Crippen LogP contribution in [0.3, 0.4) is 0 Å². The Hall–Kier alpha value is -0.850. The molecule has 1 heterocycles. The van der Waals surface area contributed by atoms with Crippen LogP contribution in [0, 0.1) is 4.77 Å². The van der Waals surface area contributed by atoms with Crippen LogP contribution in [0.1, 0.15) is 0 Å². The SMILES string of the molecule is Nc1n[nH]c(=S)n1-c1ccc(Br)c(Cl)c1. The molecule has 0 bridgehead atoms. The summed E-state index contributed by atoms with van der Waals surface area (Å²) in [4.78, 5) is 0. The minimum atomic E-state index is 0.304. The number of anilines is 1. The van der Waals surface area contributed by atoms with Gasteiger partial charge in [-0.1, -0.05) is 11.6 Å². The molecular formula is C8H6BrClN4S. The van der Waals surface area contributed by atoms with E-state index in [0.717, 1.165) is 10.2 Å². The number of nitrogens with one attached hydrogen (secondary N) is 1. The maximum atomic E-state index is 5.97. The zero-order valence-electron chi connectivity index (χ0n) is 7.37. The van der Waals surface area contributed by atoms with Crippen molar-refractivity contribution in [2.75, 3.05) is 5.73 Å². The average Bonchev–Trinajstić information content (AvgIpc) is 2.52. The highest BCUT2D eigenvalue weighted by molar-refractivity contribution is 9.10. The molecule has 0 aliphatic carbocycles. The summed E-state index contributed by atoms with van der Waals surface area (Å²) in [7, 11) is 0. The van der Waals surface area contributed by atoms with Crippen LogP contribution in [0.2, 0.25) is 5.02 Å². The molecule has 1 aromatic heterocycles. The third-order valence-corrected chi connectivity index (χ3v) is 3.37. The highest BCUT2D eigenvalue weighted by atomic mass is 79.9. The van der Waals surface area contributed by atoms with Crippen molar-refractivity contribution in [3.05, 3.63) is 32.5 Å². The predicted octanol–water partition coefficient (Wildman–Crippen LogP) is 2.93. The summed E-state index contributed by atoms with van der Waals surface area (Å²) in [5.74, 6) is 0.304. The summed E-state index contributed by atoms with van der Waals surface area (Å²) in [5.41, 5.74) is 6.44. The fourth-order valence-electron chi connectivity index (χ4n) is 1.18. The lowest BCUT2D eigenvalue weighted by Gasteiger charge is -2.04. The van der Waals surface area contributed by atoms with Crippen LogP contribution in [-0.4, -0.2) is 14.8 Å². The van der Waals surface area contributed by atoms with Gasteiger partial charge in [-0.25, -0.2) is 5.10 Å². The molecule has 0 unspecified atom stereocenters. The van der Waals surface area contributed by atoms with Crippen molar-refractivity contribution in [2.24, 2.45) is 0 Å². The van der Waals surface area contributed by atoms with Crippen molar-refractivity contribution in [3.8, 4) is 5.69 Å². The Morgan fingerprint density at radius 1 is 1.53 bits per heavy atom. The summed E-state index contributed by atoms with van der Waals surface area (Å²) in [6.07, 6.45) is 0. The summed E-state index contributed by atoms with van der Waals surface area (Å²) in [6, 6.07) is 5.43. The standard InChI is InChI=1S/C8H6BrClN4S/c9-5-2-1-4(3-6(5)10)14-7(11)12-13-8(14)15/h1-3H,(H2,11,12)(H,13,15). The number of hydrogen-bond donors (Lipinski definition) is 2. The van der Waals surface area contributed by atoms with E-state index in [4.69, 9.17) is 29.6 Å². The van der Waals surface area contributed by atoms with E-state index in [2.05, 4.69) is 26.1 Å². The molecule has 0 amide bonds. The lowest BCUT2D eigenvalue weighted by atomic mass is 10.3. The van der Waals surface area contributed by atoms with Crippen molar-refractivity contribution >= 4 is 45.7 Å². The maximum absolute atomic E-state index is 5.97. The number of halogens is 2. The van der Waals surface area contributed by atoms with Gasteiger partial charge in [0.25, 0.3) is 0 Å². The maximum Gasteiger partial charge on any atom is 0.225 e. The van der Waals surface area contributed by atoms with Gasteiger partial charge in [-0.3, -0.25) is 4.57 Å². The molecule has 0 fully saturated rings. The molecule has 0 aliphatic heterocycles. The summed E-state index contributed by atoms with van der Waals surface area (Å²) in [6.45, 7) is 0. The molecule has 0 aliphatic rings. The Morgan fingerprint density at radius 2 is 2.27 bits per heavy atom. The molecule has 0 saturated carbocycles. The Labute approximate surface area is 104 Å². The zero-order chi connectivity index (χ0) is 11.0. The molecule has 0 radical (unpaired) electrons. The minimum absolute atomic E-state index is 0.304. The number of aromatic nitrogens is 3. The van der Waals surface area contributed by atoms with Crippen molar-refractivity contribution in [3.63, 3.8) is 0 Å². The van der Waals surface area contributed by atoms with Crippen LogP contribution in [-0.2, 0) is 0 Å². The van der Waals surface area contributed by atoms with Gasteiger partial charge in [0, 0.05) is 4.47 Å². The van der Waals surface area contributed by atoms with E-state index < -0.39 is 0 Å². The molecule has 78 valence electrons. The molecule has 7 heteroatoms. The smallest absolute Gasteiger partial charge is 0.225 e. The number of hydrogen-bond acceptors (Lipinski definition) is 3. The van der Waals surface area contributed by atoms with E-state index in [1.165, 1.54) is 0 Å². The van der Waals surface area contributed by atoms with E-state index >= 15 is 0 Å². The van der Waals surface area contributed by atoms with Crippen molar-refractivity contribution in [1.29, 1.82) is 0 Å². The number of nitrogen functional groups attached to an aromatic ring is 1. The van der Waals surface area contributed by atoms with E-state index in [-0.39, 0.29) is 0 Å². The number of rotatable bonds is 1. The second kappa shape index (κ2) is 3.96. The van der Waals surface area contributed by atoms with Crippen molar-refractivity contribution < 1.29 is 0 Å². The van der Waals surface area contributed by atoms with Crippen LogP contribution in [0.4, 0.5) is 5.95 Å². The summed E-state index contributed by atoms with van der Waals surface area (Å²) < 4.78 is 2.86. The number of nitrogens with two attached hydrogens (primary N) is 1. The Balaban J connectivity index is 2.65. The van der Waals surface area contributed by atoms with Crippen LogP contribution in [0.5, 0.6) is 0 Å². The predicted molar refractivity (Wildman–Crippen MR) is 65.9 cm³/mol. The molecule has 1 aromatic carbocycles. The van der Waals surface area contributed by atoms with Gasteiger partial charge < -0.3 is 5.73 Å². The van der Waals surface area contributed by atoms with Gasteiger partial charge in [-0.15, -0.1) is 5.10 Å². The first-order chi connectivity index (χ1) is 7.09. The molecule has 2 aromatic rings. The van der Waals surface area contributed by atoms with E-state index in [0.29, 0.717) is 15.7 Å². The van der Waals surface area contributed by atoms with Gasteiger partial charge in [-0.05, 0) is 46.3 Å². The van der Waals surface area contributed by atoms with Crippen LogP contribution >= 0.6 is 39.7 Å². The van der Waals surface area contributed by atoms with Gasteiger partial charge in [0.2, 0.25) is 10.7 Å². The number of nitrogens with zero attached hydrogens (tertiary/aromatic N) is 2. The molecule has 3 N–H and O–H groups in total. The Bertz CT molecular complexity index is 562. The quantitative estimate of drug-likeness (QED) is 0.796. The van der Waals surface area contributed by atoms with Gasteiger partial charge in [0.1, 0.15) is 0 Å². The second-order valence-electron chi connectivity index (χ2n) is 2.82. The molecule has 0 atom stereocenters. The van der Waals surface area contributed by atoms with Gasteiger partial charge in [-0.2, -0.15) is 0 Å². The third-order valence-electron chi connectivity index (χ3n) is 1.86. The summed E-state index contributed by atoms with van der Waals surface area (Å²) in [5, 5.41) is 7.01. The number of aromatic amines is 1. The fraction of sp³-hybridized carbons (Fsp3) is 0. The van der Waals surface area contributed by atoms with Crippen LogP contribution < -0.4 is 5.73 Å². The first-order valence-corrected chi connectivity index (χ1v) is 5.56. The molecule has 2 rings (SSSR count). The molecule has 0 saturated heterocycles. The molecular weight excluding hydrogens is 300 g/mol. The van der Waals surface area contributed by atoms with Gasteiger partial charge in [0.15, 0.2) is 0 Å². The van der Waals surface area contributed by atoms with Crippen LogP contribution in [0.15, 0.2) is 22.7 Å². The van der Waals surface area contributed by atoms with Crippen LogP contribution in [0.25, 0.3) is 5.69 Å². The Morgan fingerprint density at radius 3 is 2.80 bits per heavy atom. The first-order valence-electron chi connectivity index (χ1n) is 3.98. The topological polar surface area (TPSA) is 59.6 Å². The van der Waals surface area contributed by atoms with Crippen molar-refractivity contribution in [1.82, 2.24) is 14.8 Å². The highest BCUT2D eigenvalue weighted by Gasteiger charge is 2.06. The number of benzene rings is 1. The van der Waals surface area contributed by atoms with E-state index in [1.807, 2.05) is 12.1 Å². The monoisotopic (exact) mass is 304 g/mol. The largest absolute Gasteiger partial charge is 0.368 e. The zero-order valence-corrected chi connectivity index (χ0v) is 10.5.